The van der Waals surface area contributed by atoms with Gasteiger partial charge in [0.1, 0.15) is 29.4 Å². The molecule has 12 nitrogen and oxygen atoms in total. The average molecular weight is 567 g/mol. The quantitative estimate of drug-likeness (QED) is 0.125. The molecule has 212 valence electrons. The summed E-state index contributed by atoms with van der Waals surface area (Å²) in [6.45, 7) is 4.12. The van der Waals surface area contributed by atoms with Crippen LogP contribution in [0.4, 0.5) is 5.95 Å². The van der Waals surface area contributed by atoms with Gasteiger partial charge in [0, 0.05) is 11.1 Å². The first kappa shape index (κ1) is 27.8. The molecule has 0 aliphatic heterocycles. The van der Waals surface area contributed by atoms with E-state index in [0.29, 0.717) is 47.4 Å². The van der Waals surface area contributed by atoms with Gasteiger partial charge in [0.25, 0.3) is 5.95 Å². The van der Waals surface area contributed by atoms with E-state index in [1.165, 1.54) is 23.4 Å². The number of furan rings is 2. The molecule has 0 atom stereocenters. The standard InChI is InChI=1S/C30H26N6O6/c1-3-39-28(37)22-9-5-7-20(15-22)26-13-11-24(41-26)17-31-34-30-35-32-19-36(30)33-18-25-12-14-27(42-25)21-8-6-10-23(16-21)29(38)40-4-2/h5-19H,3-4H2,1-2H3,(H,34,35)/b31-17+,33-18+. The van der Waals surface area contributed by atoms with Crippen LogP contribution in [0.5, 0.6) is 0 Å². The molecule has 0 saturated carbocycles. The molecular formula is C30H26N6O6. The number of hydrazone groups is 1. The molecule has 0 aliphatic carbocycles. The first-order chi connectivity index (χ1) is 20.5. The van der Waals surface area contributed by atoms with Gasteiger partial charge >= 0.3 is 11.9 Å². The van der Waals surface area contributed by atoms with Crippen LogP contribution < -0.4 is 5.43 Å². The Morgan fingerprint density at radius 2 is 1.40 bits per heavy atom. The third kappa shape index (κ3) is 6.67. The van der Waals surface area contributed by atoms with Gasteiger partial charge in [0.2, 0.25) is 0 Å². The molecular weight excluding hydrogens is 540 g/mol. The van der Waals surface area contributed by atoms with Gasteiger partial charge in [-0.05, 0) is 62.4 Å². The number of rotatable bonds is 11. The number of aromatic nitrogens is 3. The van der Waals surface area contributed by atoms with Crippen molar-refractivity contribution in [2.45, 2.75) is 13.8 Å². The molecule has 3 aromatic heterocycles. The van der Waals surface area contributed by atoms with Gasteiger partial charge in [-0.3, -0.25) is 0 Å². The maximum absolute atomic E-state index is 12.0. The first-order valence-corrected chi connectivity index (χ1v) is 13.0. The fourth-order valence-corrected chi connectivity index (χ4v) is 3.84. The monoisotopic (exact) mass is 566 g/mol. The maximum atomic E-state index is 12.0. The van der Waals surface area contributed by atoms with Crippen LogP contribution in [0.1, 0.15) is 46.1 Å². The Kier molecular flexibility index (Phi) is 8.63. The smallest absolute Gasteiger partial charge is 0.338 e. The highest BCUT2D eigenvalue weighted by atomic mass is 16.5. The minimum Gasteiger partial charge on any atom is -0.462 e. The van der Waals surface area contributed by atoms with Gasteiger partial charge in [-0.2, -0.15) is 14.9 Å². The Labute approximate surface area is 240 Å². The summed E-state index contributed by atoms with van der Waals surface area (Å²) in [5.41, 5.74) is 5.12. The van der Waals surface area contributed by atoms with Crippen molar-refractivity contribution in [2.75, 3.05) is 18.6 Å². The molecule has 0 fully saturated rings. The van der Waals surface area contributed by atoms with Crippen molar-refractivity contribution in [3.05, 3.63) is 102 Å². The van der Waals surface area contributed by atoms with Crippen LogP contribution in [0.2, 0.25) is 0 Å². The number of carbonyl (C=O) groups excluding carboxylic acids is 2. The lowest BCUT2D eigenvalue weighted by atomic mass is 10.1. The second-order valence-electron chi connectivity index (χ2n) is 8.62. The van der Waals surface area contributed by atoms with Gasteiger partial charge in [-0.25, -0.2) is 15.0 Å². The molecule has 3 heterocycles. The van der Waals surface area contributed by atoms with E-state index in [4.69, 9.17) is 18.3 Å². The zero-order valence-electron chi connectivity index (χ0n) is 22.8. The summed E-state index contributed by atoms with van der Waals surface area (Å²) < 4.78 is 23.2. The molecule has 0 aliphatic rings. The lowest BCUT2D eigenvalue weighted by Gasteiger charge is -2.03. The molecule has 0 radical (unpaired) electrons. The summed E-state index contributed by atoms with van der Waals surface area (Å²) in [6, 6.07) is 21.1. The van der Waals surface area contributed by atoms with Crippen LogP contribution >= 0.6 is 0 Å². The number of nitrogens with one attached hydrogen (secondary N) is 1. The van der Waals surface area contributed by atoms with Gasteiger partial charge in [0.15, 0.2) is 0 Å². The number of carbonyl (C=O) groups is 2. The van der Waals surface area contributed by atoms with Crippen LogP contribution in [0, 0.1) is 0 Å². The molecule has 0 saturated heterocycles. The first-order valence-electron chi connectivity index (χ1n) is 13.0. The molecule has 0 unspecified atom stereocenters. The van der Waals surface area contributed by atoms with E-state index in [0.717, 1.165) is 11.1 Å². The number of ether oxygens (including phenoxy) is 2. The maximum Gasteiger partial charge on any atom is 0.338 e. The predicted octanol–water partition coefficient (Wildman–Crippen LogP) is 5.48. The highest BCUT2D eigenvalue weighted by Gasteiger charge is 2.11. The highest BCUT2D eigenvalue weighted by Crippen LogP contribution is 2.24. The van der Waals surface area contributed by atoms with Crippen molar-refractivity contribution in [1.82, 2.24) is 14.9 Å². The van der Waals surface area contributed by atoms with Crippen molar-refractivity contribution < 1.29 is 27.9 Å². The van der Waals surface area contributed by atoms with Crippen molar-refractivity contribution in [3.63, 3.8) is 0 Å². The third-order valence-corrected chi connectivity index (χ3v) is 5.77. The van der Waals surface area contributed by atoms with E-state index < -0.39 is 11.9 Å². The zero-order valence-corrected chi connectivity index (χ0v) is 22.8. The van der Waals surface area contributed by atoms with E-state index in [1.807, 2.05) is 12.1 Å². The third-order valence-electron chi connectivity index (χ3n) is 5.77. The van der Waals surface area contributed by atoms with E-state index in [2.05, 4.69) is 25.8 Å². The van der Waals surface area contributed by atoms with Crippen LogP contribution in [0.25, 0.3) is 22.6 Å². The molecule has 2 aromatic carbocycles. The fourth-order valence-electron chi connectivity index (χ4n) is 3.84. The molecule has 0 spiro atoms. The fraction of sp³-hybridized carbons (Fsp3) is 0.133. The van der Waals surface area contributed by atoms with Crippen LogP contribution in [0.15, 0.2) is 98.2 Å². The Hall–Kier alpha value is -5.78. The largest absolute Gasteiger partial charge is 0.462 e. The normalized spacial score (nSPS) is 11.3. The summed E-state index contributed by atoms with van der Waals surface area (Å²) in [6.07, 6.45) is 4.38. The van der Waals surface area contributed by atoms with E-state index >= 15 is 0 Å². The lowest BCUT2D eigenvalue weighted by Crippen LogP contribution is -2.04. The zero-order chi connectivity index (χ0) is 29.3. The van der Waals surface area contributed by atoms with Gasteiger partial charge in [-0.15, -0.1) is 10.2 Å². The molecule has 5 rings (SSSR count). The number of hydrogen-bond donors (Lipinski definition) is 1. The van der Waals surface area contributed by atoms with Crippen molar-refractivity contribution >= 4 is 30.3 Å². The Morgan fingerprint density at radius 1 is 0.833 bits per heavy atom. The molecule has 5 aromatic rings. The van der Waals surface area contributed by atoms with Crippen LogP contribution in [-0.4, -0.2) is 52.5 Å². The number of hydrogen-bond acceptors (Lipinski definition) is 11. The molecule has 0 bridgehead atoms. The van der Waals surface area contributed by atoms with Gasteiger partial charge in [0.05, 0.1) is 36.8 Å². The number of esters is 2. The minimum absolute atomic E-state index is 0.255. The summed E-state index contributed by atoms with van der Waals surface area (Å²) in [5.74, 6) is 1.56. The van der Waals surface area contributed by atoms with Crippen LogP contribution in [0.3, 0.4) is 0 Å². The minimum atomic E-state index is -0.392. The lowest BCUT2D eigenvalue weighted by molar-refractivity contribution is 0.0517. The molecule has 0 amide bonds. The summed E-state index contributed by atoms with van der Waals surface area (Å²) >= 11 is 0. The van der Waals surface area contributed by atoms with Crippen molar-refractivity contribution in [2.24, 2.45) is 10.2 Å². The Morgan fingerprint density at radius 3 is 1.98 bits per heavy atom. The Bertz CT molecular complexity index is 1750. The van der Waals surface area contributed by atoms with Crippen LogP contribution in [-0.2, 0) is 9.47 Å². The van der Waals surface area contributed by atoms with Crippen molar-refractivity contribution in [1.29, 1.82) is 0 Å². The number of benzene rings is 2. The average Bonchev–Trinajstić information content (AvgIpc) is 3.78. The predicted molar refractivity (Wildman–Crippen MR) is 154 cm³/mol. The second-order valence-corrected chi connectivity index (χ2v) is 8.62. The summed E-state index contributed by atoms with van der Waals surface area (Å²) in [4.78, 5) is 24.1. The van der Waals surface area contributed by atoms with E-state index in [9.17, 15) is 9.59 Å². The summed E-state index contributed by atoms with van der Waals surface area (Å²) in [5, 5.41) is 16.3. The topological polar surface area (TPSA) is 146 Å². The molecule has 12 heteroatoms. The molecule has 42 heavy (non-hydrogen) atoms. The molecule has 1 N–H and O–H groups in total. The van der Waals surface area contributed by atoms with Gasteiger partial charge in [-0.1, -0.05) is 24.3 Å². The van der Waals surface area contributed by atoms with Crippen molar-refractivity contribution in [3.8, 4) is 22.6 Å². The second kappa shape index (κ2) is 13.0. The number of nitrogens with zero attached hydrogens (tertiary/aromatic N) is 5. The van der Waals surface area contributed by atoms with E-state index in [1.54, 1.807) is 74.5 Å². The summed E-state index contributed by atoms with van der Waals surface area (Å²) in [7, 11) is 0. The highest BCUT2D eigenvalue weighted by molar-refractivity contribution is 5.91. The number of anilines is 1. The SMILES string of the molecule is CCOC(=O)c1cccc(-c2ccc(/C=N/Nc3nncn3/N=C/c3ccc(-c4cccc(C(=O)OCC)c4)o3)o2)c1. The van der Waals surface area contributed by atoms with Gasteiger partial charge < -0.3 is 18.3 Å². The van der Waals surface area contributed by atoms with E-state index in [-0.39, 0.29) is 5.95 Å². The Balaban J connectivity index is 1.22.